The summed E-state index contributed by atoms with van der Waals surface area (Å²) in [6.45, 7) is 4.07. The van der Waals surface area contributed by atoms with Crippen molar-refractivity contribution in [3.63, 3.8) is 0 Å². The van der Waals surface area contributed by atoms with Gasteiger partial charge in [-0.2, -0.15) is 0 Å². The predicted octanol–water partition coefficient (Wildman–Crippen LogP) is 4.49. The number of amides is 1. The average Bonchev–Trinajstić information content (AvgIpc) is 2.63. The molecule has 0 atom stereocenters. The van der Waals surface area contributed by atoms with Crippen molar-refractivity contribution in [3.05, 3.63) is 71.8 Å². The Hall–Kier alpha value is -2.66. The second-order valence-corrected chi connectivity index (χ2v) is 6.77. The number of aryl methyl sites for hydroxylation is 2. The molecule has 1 heterocycles. The number of aromatic nitrogens is 2. The number of hydrogen-bond donors (Lipinski definition) is 1. The van der Waals surface area contributed by atoms with E-state index < -0.39 is 0 Å². The molecule has 5 heteroatoms. The first kappa shape index (κ1) is 17.2. The minimum atomic E-state index is -0.0568. The van der Waals surface area contributed by atoms with Crippen molar-refractivity contribution in [2.45, 2.75) is 18.9 Å². The molecule has 1 N–H and O–H groups in total. The molecular formula is C20H19N3OS. The lowest BCUT2D eigenvalue weighted by Gasteiger charge is -2.06. The number of benzene rings is 2. The molecule has 1 amide bonds. The van der Waals surface area contributed by atoms with Crippen LogP contribution in [0, 0.1) is 13.8 Å². The van der Waals surface area contributed by atoms with Crippen LogP contribution in [-0.2, 0) is 4.79 Å². The van der Waals surface area contributed by atoms with Crippen molar-refractivity contribution in [3.8, 4) is 11.3 Å². The van der Waals surface area contributed by atoms with Crippen LogP contribution >= 0.6 is 11.8 Å². The summed E-state index contributed by atoms with van der Waals surface area (Å²) in [6, 6.07) is 19.6. The van der Waals surface area contributed by atoms with E-state index in [2.05, 4.69) is 28.5 Å². The molecule has 1 aromatic heterocycles. The van der Waals surface area contributed by atoms with Crippen LogP contribution in [0.4, 0.5) is 5.69 Å². The van der Waals surface area contributed by atoms with Crippen LogP contribution in [-0.4, -0.2) is 21.9 Å². The molecule has 0 spiro atoms. The summed E-state index contributed by atoms with van der Waals surface area (Å²) in [4.78, 5) is 12.0. The molecule has 0 radical (unpaired) electrons. The number of rotatable bonds is 5. The first-order valence-electron chi connectivity index (χ1n) is 8.01. The van der Waals surface area contributed by atoms with Gasteiger partial charge in [0.2, 0.25) is 5.91 Å². The molecule has 0 aliphatic heterocycles. The molecule has 4 nitrogen and oxygen atoms in total. The summed E-state index contributed by atoms with van der Waals surface area (Å²) in [5.74, 6) is 0.241. The molecule has 0 aliphatic carbocycles. The van der Waals surface area contributed by atoms with Gasteiger partial charge in [0.05, 0.1) is 11.4 Å². The van der Waals surface area contributed by atoms with Crippen molar-refractivity contribution in [1.82, 2.24) is 10.2 Å². The Bertz CT molecular complexity index is 861. The van der Waals surface area contributed by atoms with Gasteiger partial charge >= 0.3 is 0 Å². The molecule has 0 aliphatic rings. The Morgan fingerprint density at radius 3 is 2.40 bits per heavy atom. The van der Waals surface area contributed by atoms with Gasteiger partial charge in [-0.3, -0.25) is 4.79 Å². The minimum absolute atomic E-state index is 0.0568. The van der Waals surface area contributed by atoms with Crippen molar-refractivity contribution in [2.24, 2.45) is 0 Å². The third kappa shape index (κ3) is 4.67. The molecule has 3 rings (SSSR count). The fourth-order valence-electron chi connectivity index (χ4n) is 2.37. The summed E-state index contributed by atoms with van der Waals surface area (Å²) < 4.78 is 0. The highest BCUT2D eigenvalue weighted by Gasteiger charge is 2.07. The van der Waals surface area contributed by atoms with Crippen molar-refractivity contribution < 1.29 is 4.79 Å². The third-order valence-corrected chi connectivity index (χ3v) is 4.67. The van der Waals surface area contributed by atoms with E-state index in [1.54, 1.807) is 0 Å². The van der Waals surface area contributed by atoms with Gasteiger partial charge < -0.3 is 5.32 Å². The average molecular weight is 349 g/mol. The Labute approximate surface area is 151 Å². The maximum absolute atomic E-state index is 12.0. The van der Waals surface area contributed by atoms with Gasteiger partial charge in [0.15, 0.2) is 0 Å². The lowest BCUT2D eigenvalue weighted by Crippen LogP contribution is -2.14. The number of carbonyl (C=O) groups excluding carboxylic acids is 1. The van der Waals surface area contributed by atoms with Crippen molar-refractivity contribution >= 4 is 23.4 Å². The van der Waals surface area contributed by atoms with Crippen LogP contribution in [0.1, 0.15) is 11.1 Å². The Balaban J connectivity index is 1.57. The van der Waals surface area contributed by atoms with Crippen LogP contribution < -0.4 is 5.32 Å². The summed E-state index contributed by atoms with van der Waals surface area (Å²) in [6.07, 6.45) is 0. The number of carbonyl (C=O) groups is 1. The van der Waals surface area contributed by atoms with E-state index in [9.17, 15) is 4.79 Å². The van der Waals surface area contributed by atoms with Gasteiger partial charge in [0.25, 0.3) is 0 Å². The number of nitrogens with one attached hydrogen (secondary N) is 1. The largest absolute Gasteiger partial charge is 0.325 e. The smallest absolute Gasteiger partial charge is 0.234 e. The molecular weight excluding hydrogens is 330 g/mol. The molecule has 126 valence electrons. The maximum atomic E-state index is 12.0. The summed E-state index contributed by atoms with van der Waals surface area (Å²) in [5.41, 5.74) is 5.04. The molecule has 0 unspecified atom stereocenters. The fraction of sp³-hybridized carbons (Fsp3) is 0.150. The second-order valence-electron chi connectivity index (χ2n) is 5.77. The number of hydrogen-bond acceptors (Lipinski definition) is 4. The highest BCUT2D eigenvalue weighted by molar-refractivity contribution is 7.99. The zero-order valence-electron chi connectivity index (χ0n) is 14.2. The molecule has 25 heavy (non-hydrogen) atoms. The van der Waals surface area contributed by atoms with Gasteiger partial charge in [0.1, 0.15) is 5.03 Å². The highest BCUT2D eigenvalue weighted by Crippen LogP contribution is 2.22. The lowest BCUT2D eigenvalue weighted by molar-refractivity contribution is -0.113. The SMILES string of the molecule is Cc1ccc(NC(=O)CSc2ccc(-c3ccccc3C)nn2)cc1. The number of thioether (sulfide) groups is 1. The van der Waals surface area contributed by atoms with Crippen LogP contribution in [0.5, 0.6) is 0 Å². The van der Waals surface area contributed by atoms with E-state index in [1.165, 1.54) is 11.8 Å². The third-order valence-electron chi connectivity index (χ3n) is 3.75. The van der Waals surface area contributed by atoms with E-state index in [0.717, 1.165) is 33.1 Å². The van der Waals surface area contributed by atoms with Gasteiger partial charge in [-0.15, -0.1) is 10.2 Å². The Morgan fingerprint density at radius 2 is 1.72 bits per heavy atom. The summed E-state index contributed by atoms with van der Waals surface area (Å²) >= 11 is 1.37. The Kier molecular flexibility index (Phi) is 5.46. The van der Waals surface area contributed by atoms with E-state index in [0.29, 0.717) is 5.75 Å². The van der Waals surface area contributed by atoms with Gasteiger partial charge in [0, 0.05) is 11.3 Å². The van der Waals surface area contributed by atoms with Crippen molar-refractivity contribution in [1.29, 1.82) is 0 Å². The predicted molar refractivity (Wildman–Crippen MR) is 103 cm³/mol. The van der Waals surface area contributed by atoms with Crippen LogP contribution in [0.3, 0.4) is 0 Å². The summed E-state index contributed by atoms with van der Waals surface area (Å²) in [7, 11) is 0. The van der Waals surface area contributed by atoms with E-state index in [-0.39, 0.29) is 5.91 Å². The molecule has 2 aromatic carbocycles. The van der Waals surface area contributed by atoms with E-state index in [1.807, 2.05) is 61.5 Å². The lowest BCUT2D eigenvalue weighted by atomic mass is 10.1. The molecule has 0 saturated heterocycles. The number of anilines is 1. The van der Waals surface area contributed by atoms with Gasteiger partial charge in [-0.25, -0.2) is 0 Å². The highest BCUT2D eigenvalue weighted by atomic mass is 32.2. The van der Waals surface area contributed by atoms with E-state index >= 15 is 0 Å². The fourth-order valence-corrected chi connectivity index (χ4v) is 2.99. The second kappa shape index (κ2) is 7.94. The first-order valence-corrected chi connectivity index (χ1v) is 8.99. The standard InChI is InChI=1S/C20H19N3OS/c1-14-7-9-16(10-8-14)21-19(24)13-25-20-12-11-18(22-23-20)17-6-4-3-5-15(17)2/h3-12H,13H2,1-2H3,(H,21,24). The van der Waals surface area contributed by atoms with Gasteiger partial charge in [-0.1, -0.05) is 53.7 Å². The first-order chi connectivity index (χ1) is 12.1. The zero-order chi connectivity index (χ0) is 17.6. The molecule has 0 bridgehead atoms. The topological polar surface area (TPSA) is 54.9 Å². The van der Waals surface area contributed by atoms with E-state index in [4.69, 9.17) is 0 Å². The Morgan fingerprint density at radius 1 is 0.960 bits per heavy atom. The minimum Gasteiger partial charge on any atom is -0.325 e. The maximum Gasteiger partial charge on any atom is 0.234 e. The van der Waals surface area contributed by atoms with Crippen LogP contribution in [0.2, 0.25) is 0 Å². The zero-order valence-corrected chi connectivity index (χ0v) is 15.0. The quantitative estimate of drug-likeness (QED) is 0.690. The van der Waals surface area contributed by atoms with Crippen molar-refractivity contribution in [2.75, 3.05) is 11.1 Å². The molecule has 3 aromatic rings. The van der Waals surface area contributed by atoms with Crippen LogP contribution in [0.25, 0.3) is 11.3 Å². The normalized spacial score (nSPS) is 10.5. The van der Waals surface area contributed by atoms with Gasteiger partial charge in [-0.05, 0) is 43.7 Å². The molecule has 0 saturated carbocycles. The monoisotopic (exact) mass is 349 g/mol. The summed E-state index contributed by atoms with van der Waals surface area (Å²) in [5, 5.41) is 12.1. The number of nitrogens with zero attached hydrogens (tertiary/aromatic N) is 2. The molecule has 0 fully saturated rings. The van der Waals surface area contributed by atoms with Crippen LogP contribution in [0.15, 0.2) is 65.7 Å².